The molecule has 1 aromatic rings. The SMILES string of the molecule is CC1CCCN(C(=O)NCCc2ccccc2F)C1. The molecular formula is C15H21FN2O. The largest absolute Gasteiger partial charge is 0.338 e. The van der Waals surface area contributed by atoms with E-state index < -0.39 is 0 Å². The Balaban J connectivity index is 1.76. The minimum absolute atomic E-state index is 0.0251. The summed E-state index contributed by atoms with van der Waals surface area (Å²) in [6, 6.07) is 6.66. The van der Waals surface area contributed by atoms with E-state index in [1.807, 2.05) is 11.0 Å². The molecule has 0 saturated carbocycles. The Morgan fingerprint density at radius 2 is 2.26 bits per heavy atom. The lowest BCUT2D eigenvalue weighted by Crippen LogP contribution is -2.45. The quantitative estimate of drug-likeness (QED) is 0.894. The number of urea groups is 1. The van der Waals surface area contributed by atoms with E-state index in [0.717, 1.165) is 19.5 Å². The number of hydrogen-bond acceptors (Lipinski definition) is 1. The van der Waals surface area contributed by atoms with Crippen molar-refractivity contribution >= 4 is 6.03 Å². The van der Waals surface area contributed by atoms with E-state index >= 15 is 0 Å². The van der Waals surface area contributed by atoms with E-state index in [2.05, 4.69) is 12.2 Å². The van der Waals surface area contributed by atoms with Gasteiger partial charge in [-0.1, -0.05) is 25.1 Å². The number of nitrogens with zero attached hydrogens (tertiary/aromatic N) is 1. The number of rotatable bonds is 3. The Morgan fingerprint density at radius 1 is 1.47 bits per heavy atom. The molecule has 1 aliphatic heterocycles. The monoisotopic (exact) mass is 264 g/mol. The van der Waals surface area contributed by atoms with E-state index in [4.69, 9.17) is 0 Å². The topological polar surface area (TPSA) is 32.3 Å². The zero-order chi connectivity index (χ0) is 13.7. The van der Waals surface area contributed by atoms with Crippen molar-refractivity contribution in [1.29, 1.82) is 0 Å². The van der Waals surface area contributed by atoms with Gasteiger partial charge in [-0.05, 0) is 36.8 Å². The van der Waals surface area contributed by atoms with Crippen LogP contribution < -0.4 is 5.32 Å². The van der Waals surface area contributed by atoms with Crippen LogP contribution in [-0.2, 0) is 6.42 Å². The first-order valence-electron chi connectivity index (χ1n) is 6.93. The van der Waals surface area contributed by atoms with Gasteiger partial charge in [0, 0.05) is 19.6 Å². The third kappa shape index (κ3) is 3.94. The molecule has 1 N–H and O–H groups in total. The predicted molar refractivity (Wildman–Crippen MR) is 73.5 cm³/mol. The van der Waals surface area contributed by atoms with E-state index in [1.165, 1.54) is 12.5 Å². The van der Waals surface area contributed by atoms with Gasteiger partial charge in [-0.15, -0.1) is 0 Å². The molecule has 19 heavy (non-hydrogen) atoms. The number of amides is 2. The second-order valence-electron chi connectivity index (χ2n) is 5.27. The Labute approximate surface area is 113 Å². The van der Waals surface area contributed by atoms with E-state index in [1.54, 1.807) is 12.1 Å². The van der Waals surface area contributed by atoms with Crippen LogP contribution in [0.2, 0.25) is 0 Å². The van der Waals surface area contributed by atoms with Gasteiger partial charge in [-0.25, -0.2) is 9.18 Å². The summed E-state index contributed by atoms with van der Waals surface area (Å²) in [4.78, 5) is 13.8. The van der Waals surface area contributed by atoms with Crippen LogP contribution in [0, 0.1) is 11.7 Å². The molecule has 3 nitrogen and oxygen atoms in total. The molecule has 1 atom stereocenters. The first-order chi connectivity index (χ1) is 9.16. The number of piperidine rings is 1. The first-order valence-corrected chi connectivity index (χ1v) is 6.93. The summed E-state index contributed by atoms with van der Waals surface area (Å²) in [6.45, 7) is 4.30. The fourth-order valence-corrected chi connectivity index (χ4v) is 2.49. The van der Waals surface area contributed by atoms with Crippen molar-refractivity contribution in [3.05, 3.63) is 35.6 Å². The molecule has 0 radical (unpaired) electrons. The van der Waals surface area contributed by atoms with E-state index in [0.29, 0.717) is 24.4 Å². The number of benzene rings is 1. The number of hydrogen-bond donors (Lipinski definition) is 1. The van der Waals surface area contributed by atoms with Crippen LogP contribution >= 0.6 is 0 Å². The molecule has 104 valence electrons. The van der Waals surface area contributed by atoms with E-state index in [-0.39, 0.29) is 11.8 Å². The molecule has 1 aromatic carbocycles. The van der Waals surface area contributed by atoms with Gasteiger partial charge in [0.2, 0.25) is 0 Å². The third-order valence-corrected chi connectivity index (χ3v) is 3.57. The molecule has 1 heterocycles. The van der Waals surface area contributed by atoms with Crippen LogP contribution in [0.3, 0.4) is 0 Å². The molecule has 0 bridgehead atoms. The average molecular weight is 264 g/mol. The molecule has 2 amide bonds. The minimum atomic E-state index is -0.205. The van der Waals surface area contributed by atoms with Crippen LogP contribution in [-0.4, -0.2) is 30.6 Å². The van der Waals surface area contributed by atoms with Gasteiger partial charge >= 0.3 is 6.03 Å². The van der Waals surface area contributed by atoms with Gasteiger partial charge in [0.1, 0.15) is 5.82 Å². The van der Waals surface area contributed by atoms with Crippen LogP contribution in [0.15, 0.2) is 24.3 Å². The lowest BCUT2D eigenvalue weighted by molar-refractivity contribution is 0.170. The van der Waals surface area contributed by atoms with Gasteiger partial charge in [0.15, 0.2) is 0 Å². The summed E-state index contributed by atoms with van der Waals surface area (Å²) in [7, 11) is 0. The maximum absolute atomic E-state index is 13.4. The summed E-state index contributed by atoms with van der Waals surface area (Å²) >= 11 is 0. The van der Waals surface area contributed by atoms with Crippen LogP contribution in [0.4, 0.5) is 9.18 Å². The zero-order valence-corrected chi connectivity index (χ0v) is 11.4. The predicted octanol–water partition coefficient (Wildman–Crippen LogP) is 2.81. The Hall–Kier alpha value is -1.58. The smallest absolute Gasteiger partial charge is 0.317 e. The molecule has 0 aromatic heterocycles. The summed E-state index contributed by atoms with van der Waals surface area (Å²) in [6.07, 6.45) is 2.79. The summed E-state index contributed by atoms with van der Waals surface area (Å²) in [5, 5.41) is 2.87. The second-order valence-corrected chi connectivity index (χ2v) is 5.27. The molecule has 4 heteroatoms. The highest BCUT2D eigenvalue weighted by atomic mass is 19.1. The number of likely N-dealkylation sites (tertiary alicyclic amines) is 1. The van der Waals surface area contributed by atoms with Gasteiger partial charge in [0.25, 0.3) is 0 Å². The molecular weight excluding hydrogens is 243 g/mol. The van der Waals surface area contributed by atoms with Crippen molar-refractivity contribution in [2.45, 2.75) is 26.2 Å². The van der Waals surface area contributed by atoms with E-state index in [9.17, 15) is 9.18 Å². The summed E-state index contributed by atoms with van der Waals surface area (Å²) in [5.74, 6) is 0.370. The van der Waals surface area contributed by atoms with Gasteiger partial charge in [-0.2, -0.15) is 0 Å². The van der Waals surface area contributed by atoms with Crippen molar-refractivity contribution in [3.63, 3.8) is 0 Å². The third-order valence-electron chi connectivity index (χ3n) is 3.57. The lowest BCUT2D eigenvalue weighted by Gasteiger charge is -2.30. The maximum Gasteiger partial charge on any atom is 0.317 e. The van der Waals surface area contributed by atoms with Crippen molar-refractivity contribution in [1.82, 2.24) is 10.2 Å². The second kappa shape index (κ2) is 6.55. The lowest BCUT2D eigenvalue weighted by atomic mass is 10.0. The fraction of sp³-hybridized carbons (Fsp3) is 0.533. The van der Waals surface area contributed by atoms with Crippen molar-refractivity contribution < 1.29 is 9.18 Å². The maximum atomic E-state index is 13.4. The molecule has 1 unspecified atom stereocenters. The van der Waals surface area contributed by atoms with Crippen molar-refractivity contribution in [3.8, 4) is 0 Å². The summed E-state index contributed by atoms with van der Waals surface area (Å²) in [5.41, 5.74) is 0.648. The van der Waals surface area contributed by atoms with Crippen LogP contribution in [0.25, 0.3) is 0 Å². The molecule has 1 fully saturated rings. The Bertz CT molecular complexity index is 436. The minimum Gasteiger partial charge on any atom is -0.338 e. The number of halogens is 1. The highest BCUT2D eigenvalue weighted by Crippen LogP contribution is 2.15. The summed E-state index contributed by atoms with van der Waals surface area (Å²) < 4.78 is 13.4. The average Bonchev–Trinajstić information content (AvgIpc) is 2.41. The van der Waals surface area contributed by atoms with Gasteiger partial charge in [-0.3, -0.25) is 0 Å². The Morgan fingerprint density at radius 3 is 3.00 bits per heavy atom. The molecule has 1 aliphatic rings. The van der Waals surface area contributed by atoms with Crippen molar-refractivity contribution in [2.75, 3.05) is 19.6 Å². The van der Waals surface area contributed by atoms with Crippen LogP contribution in [0.1, 0.15) is 25.3 Å². The number of nitrogens with one attached hydrogen (secondary N) is 1. The normalized spacial score (nSPS) is 19.3. The fourth-order valence-electron chi connectivity index (χ4n) is 2.49. The highest BCUT2D eigenvalue weighted by Gasteiger charge is 2.20. The van der Waals surface area contributed by atoms with Crippen LogP contribution in [0.5, 0.6) is 0 Å². The van der Waals surface area contributed by atoms with Gasteiger partial charge < -0.3 is 10.2 Å². The molecule has 0 spiro atoms. The Kier molecular flexibility index (Phi) is 4.77. The number of carbonyl (C=O) groups is 1. The molecule has 1 saturated heterocycles. The first kappa shape index (κ1) is 13.8. The number of carbonyl (C=O) groups excluding carboxylic acids is 1. The van der Waals surface area contributed by atoms with Gasteiger partial charge in [0.05, 0.1) is 0 Å². The molecule has 0 aliphatic carbocycles. The van der Waals surface area contributed by atoms with Crippen molar-refractivity contribution in [2.24, 2.45) is 5.92 Å². The highest BCUT2D eigenvalue weighted by molar-refractivity contribution is 5.74. The molecule has 2 rings (SSSR count). The standard InChI is InChI=1S/C15H21FN2O/c1-12-5-4-10-18(11-12)15(19)17-9-8-13-6-2-3-7-14(13)16/h2-3,6-7,12H,4-5,8-11H2,1H3,(H,17,19). The zero-order valence-electron chi connectivity index (χ0n) is 11.4.